The maximum atomic E-state index is 4.24. The van der Waals surface area contributed by atoms with Crippen LogP contribution in [-0.4, -0.2) is 4.57 Å². The Labute approximate surface area is 339 Å². The summed E-state index contributed by atoms with van der Waals surface area (Å²) in [5.74, 6) is 0. The number of rotatable bonds is 7. The summed E-state index contributed by atoms with van der Waals surface area (Å²) in [6.45, 7) is 24.6. The summed E-state index contributed by atoms with van der Waals surface area (Å²) in [7, 11) is 0. The smallest absolute Gasteiger partial charge is 0.0553 e. The van der Waals surface area contributed by atoms with E-state index >= 15 is 0 Å². The molecule has 2 aliphatic rings. The molecule has 1 nitrogen and oxygen atoms in total. The number of fused-ring (bicyclic) bond motifs is 9. The Balaban J connectivity index is 0.000000798. The van der Waals surface area contributed by atoms with Crippen molar-refractivity contribution in [2.45, 2.75) is 33.1 Å². The van der Waals surface area contributed by atoms with Crippen LogP contribution in [0.5, 0.6) is 0 Å². The highest BCUT2D eigenvalue weighted by Gasteiger charge is 2.36. The van der Waals surface area contributed by atoms with Crippen molar-refractivity contribution in [3.63, 3.8) is 0 Å². The van der Waals surface area contributed by atoms with Crippen LogP contribution in [0.1, 0.15) is 49.3 Å². The maximum Gasteiger partial charge on any atom is 0.0553 e. The zero-order valence-corrected chi connectivity index (χ0v) is 33.9. The van der Waals surface area contributed by atoms with Gasteiger partial charge in [0.2, 0.25) is 0 Å². The number of thiophene rings is 1. The minimum Gasteiger partial charge on any atom is -0.309 e. The van der Waals surface area contributed by atoms with Crippen molar-refractivity contribution in [3.8, 4) is 39.1 Å². The molecule has 0 saturated carbocycles. The molecular weight excluding hydrogens is 707 g/mol. The van der Waals surface area contributed by atoms with E-state index in [2.05, 4.69) is 167 Å². The van der Waals surface area contributed by atoms with E-state index in [0.717, 1.165) is 10.4 Å². The third kappa shape index (κ3) is 5.35. The summed E-state index contributed by atoms with van der Waals surface area (Å²) in [6.07, 6.45) is 15.9. The number of allylic oxidation sites excluding steroid dienone is 8. The second-order valence-electron chi connectivity index (χ2n) is 15.3. The Hall–Kier alpha value is -6.48. The molecule has 0 bridgehead atoms. The zero-order chi connectivity index (χ0) is 39.6. The molecule has 0 radical (unpaired) electrons. The van der Waals surface area contributed by atoms with Crippen molar-refractivity contribution in [1.82, 2.24) is 4.57 Å². The van der Waals surface area contributed by atoms with E-state index in [9.17, 15) is 0 Å². The molecule has 0 fully saturated rings. The van der Waals surface area contributed by atoms with E-state index in [1.165, 1.54) is 104 Å². The molecule has 0 amide bonds. The van der Waals surface area contributed by atoms with Gasteiger partial charge < -0.3 is 4.57 Å². The van der Waals surface area contributed by atoms with Crippen LogP contribution in [0.4, 0.5) is 0 Å². The minimum atomic E-state index is -0.168. The summed E-state index contributed by atoms with van der Waals surface area (Å²) in [5, 5.41) is 6.42. The first-order valence-electron chi connectivity index (χ1n) is 19.6. The first-order chi connectivity index (χ1) is 27.8. The molecule has 276 valence electrons. The van der Waals surface area contributed by atoms with Gasteiger partial charge in [0, 0.05) is 36.8 Å². The largest absolute Gasteiger partial charge is 0.309 e. The van der Waals surface area contributed by atoms with Gasteiger partial charge >= 0.3 is 0 Å². The standard InChI is InChI=1S/C50H37NS.C5H8/c1-7-14-35-36-22-21-31(27-43(36)50(5,6)42(35)9-3)51-44-23-19-29(30-20-24-47-39(25-30)32(8-2)46(10-4)52-47)26-41(44)49-38-18-13-17-37-33-15-11-12-16-34(33)40(48(37)38)28-45(49)51;1-3-5-4-2/h7-28H,2-4H2,1,5-6H3;3-5H,1H2,2H3/b14-7-;5-4-. The summed E-state index contributed by atoms with van der Waals surface area (Å²) in [4.78, 5) is 1.16. The molecule has 2 heteroatoms. The molecule has 0 spiro atoms. The number of nitrogens with zero attached hydrogens (tertiary/aromatic N) is 1. The lowest BCUT2D eigenvalue weighted by atomic mass is 9.81. The van der Waals surface area contributed by atoms with Gasteiger partial charge in [0.25, 0.3) is 0 Å². The van der Waals surface area contributed by atoms with Gasteiger partial charge in [0.15, 0.2) is 0 Å². The molecular formula is C55H45NS. The van der Waals surface area contributed by atoms with E-state index in [4.69, 9.17) is 0 Å². The molecule has 8 aromatic rings. The third-order valence-corrected chi connectivity index (χ3v) is 13.1. The molecule has 0 atom stereocenters. The van der Waals surface area contributed by atoms with Crippen LogP contribution in [-0.2, 0) is 5.41 Å². The van der Waals surface area contributed by atoms with Crippen molar-refractivity contribution < 1.29 is 0 Å². The van der Waals surface area contributed by atoms with Gasteiger partial charge in [-0.05, 0) is 128 Å². The number of hydrogen-bond acceptors (Lipinski definition) is 1. The predicted molar refractivity (Wildman–Crippen MR) is 254 cm³/mol. The van der Waals surface area contributed by atoms with Gasteiger partial charge in [0.1, 0.15) is 0 Å². The molecule has 0 aliphatic heterocycles. The number of aromatic nitrogens is 1. The SMILES string of the molecule is C=C/C=C\C.C=CC1=C(/C=C\C)c2ccc(-n3c4ccc(-c5ccc6sc(C=C)c(C=C)c6c5)cc4c4c5cccc6c5c(cc43)-c3ccccc3-6)cc2C1(C)C. The van der Waals surface area contributed by atoms with Crippen molar-refractivity contribution in [1.29, 1.82) is 0 Å². The monoisotopic (exact) mass is 751 g/mol. The number of hydrogen-bond donors (Lipinski definition) is 0. The predicted octanol–water partition coefficient (Wildman–Crippen LogP) is 16.3. The molecule has 0 unspecified atom stereocenters. The highest BCUT2D eigenvalue weighted by molar-refractivity contribution is 7.20. The Morgan fingerprint density at radius 2 is 1.33 bits per heavy atom. The normalized spacial score (nSPS) is 13.8. The average Bonchev–Trinajstić information content (AvgIpc) is 3.93. The van der Waals surface area contributed by atoms with Crippen LogP contribution in [0.25, 0.3) is 99.5 Å². The van der Waals surface area contributed by atoms with Gasteiger partial charge in [-0.1, -0.05) is 149 Å². The summed E-state index contributed by atoms with van der Waals surface area (Å²) in [6, 6.07) is 39.1. The highest BCUT2D eigenvalue weighted by atomic mass is 32.1. The fraction of sp³-hybridized carbons (Fsp3) is 0.0909. The molecule has 10 rings (SSSR count). The second-order valence-corrected chi connectivity index (χ2v) is 16.4. The Bertz CT molecular complexity index is 3130. The molecule has 6 aromatic carbocycles. The lowest BCUT2D eigenvalue weighted by Crippen LogP contribution is -2.16. The molecule has 57 heavy (non-hydrogen) atoms. The summed E-state index contributed by atoms with van der Waals surface area (Å²) >= 11 is 1.77. The molecule has 2 heterocycles. The van der Waals surface area contributed by atoms with Gasteiger partial charge in [-0.2, -0.15) is 0 Å². The van der Waals surface area contributed by atoms with Crippen molar-refractivity contribution in [3.05, 3.63) is 193 Å². The van der Waals surface area contributed by atoms with E-state index in [-0.39, 0.29) is 5.41 Å². The van der Waals surface area contributed by atoms with Crippen LogP contribution in [0.3, 0.4) is 0 Å². The summed E-state index contributed by atoms with van der Waals surface area (Å²) in [5.41, 5.74) is 17.4. The van der Waals surface area contributed by atoms with Crippen molar-refractivity contribution >= 4 is 71.7 Å². The topological polar surface area (TPSA) is 4.93 Å². The van der Waals surface area contributed by atoms with E-state index in [1.807, 2.05) is 37.3 Å². The van der Waals surface area contributed by atoms with E-state index in [0.29, 0.717) is 0 Å². The first-order valence-corrected chi connectivity index (χ1v) is 20.5. The molecule has 2 aromatic heterocycles. The van der Waals surface area contributed by atoms with Crippen LogP contribution in [0.15, 0.2) is 171 Å². The Morgan fingerprint density at radius 3 is 2.02 bits per heavy atom. The molecule has 2 aliphatic carbocycles. The molecule has 0 saturated heterocycles. The minimum absolute atomic E-state index is 0.168. The van der Waals surface area contributed by atoms with Crippen LogP contribution < -0.4 is 0 Å². The van der Waals surface area contributed by atoms with Crippen LogP contribution in [0.2, 0.25) is 0 Å². The second kappa shape index (κ2) is 13.9. The van der Waals surface area contributed by atoms with Gasteiger partial charge in [-0.25, -0.2) is 0 Å². The zero-order valence-electron chi connectivity index (χ0n) is 33.1. The van der Waals surface area contributed by atoms with Gasteiger partial charge in [-0.3, -0.25) is 0 Å². The first kappa shape index (κ1) is 36.2. The lowest BCUT2D eigenvalue weighted by Gasteiger charge is -2.23. The third-order valence-electron chi connectivity index (χ3n) is 11.9. The average molecular weight is 752 g/mol. The van der Waals surface area contributed by atoms with Gasteiger partial charge in [-0.15, -0.1) is 11.3 Å². The lowest BCUT2D eigenvalue weighted by molar-refractivity contribution is 0.654. The Kier molecular flexibility index (Phi) is 8.83. The van der Waals surface area contributed by atoms with E-state index in [1.54, 1.807) is 17.4 Å². The quantitative estimate of drug-likeness (QED) is 0.143. The molecule has 0 N–H and O–H groups in total. The van der Waals surface area contributed by atoms with Gasteiger partial charge in [0.05, 0.1) is 11.0 Å². The Morgan fingerprint density at radius 1 is 0.596 bits per heavy atom. The van der Waals surface area contributed by atoms with Crippen LogP contribution in [0, 0.1) is 0 Å². The highest BCUT2D eigenvalue weighted by Crippen LogP contribution is 2.52. The fourth-order valence-corrected chi connectivity index (χ4v) is 10.5. The van der Waals surface area contributed by atoms with E-state index < -0.39 is 0 Å². The number of benzene rings is 6. The fourth-order valence-electron chi connectivity index (χ4n) is 9.41. The van der Waals surface area contributed by atoms with Crippen LogP contribution >= 0.6 is 11.3 Å². The van der Waals surface area contributed by atoms with Crippen molar-refractivity contribution in [2.24, 2.45) is 0 Å². The maximum absolute atomic E-state index is 4.24. The summed E-state index contributed by atoms with van der Waals surface area (Å²) < 4.78 is 3.76. The van der Waals surface area contributed by atoms with Crippen molar-refractivity contribution in [2.75, 3.05) is 0 Å².